The molecule has 2 rings (SSSR count). The monoisotopic (exact) mass is 217 g/mol. The van der Waals surface area contributed by atoms with Crippen LogP contribution in [0, 0.1) is 6.92 Å². The van der Waals surface area contributed by atoms with Crippen LogP contribution in [0.4, 0.5) is 5.82 Å². The molecule has 3 heteroatoms. The quantitative estimate of drug-likeness (QED) is 0.737. The van der Waals surface area contributed by atoms with Gasteiger partial charge in [0.05, 0.1) is 5.52 Å². The molecule has 0 unspecified atom stereocenters. The van der Waals surface area contributed by atoms with E-state index in [2.05, 4.69) is 44.9 Å². The zero-order valence-corrected chi connectivity index (χ0v) is 10.6. The molecule has 0 aliphatic carbocycles. The molecule has 3 nitrogen and oxygen atoms in total. The van der Waals surface area contributed by atoms with Crippen LogP contribution in [0.2, 0.25) is 0 Å². The number of aromatic nitrogens is 2. The van der Waals surface area contributed by atoms with Crippen molar-refractivity contribution < 1.29 is 0 Å². The van der Waals surface area contributed by atoms with Gasteiger partial charge in [-0.05, 0) is 29.5 Å². The highest BCUT2D eigenvalue weighted by atomic mass is 15.3. The standard InChI is InChI=1S/C13H19N3/c1-8-6-7-9-11(10(8)13(2,3)4)16(5)15-12(9)14/h6-7H,1-5H3,(H2,14,15). The van der Waals surface area contributed by atoms with Gasteiger partial charge in [0.25, 0.3) is 0 Å². The highest BCUT2D eigenvalue weighted by Crippen LogP contribution is 2.34. The summed E-state index contributed by atoms with van der Waals surface area (Å²) in [5, 5.41) is 5.35. The molecular formula is C13H19N3. The third-order valence-electron chi connectivity index (χ3n) is 2.99. The summed E-state index contributed by atoms with van der Waals surface area (Å²) in [7, 11) is 1.95. The summed E-state index contributed by atoms with van der Waals surface area (Å²) in [4.78, 5) is 0. The Morgan fingerprint density at radius 3 is 2.44 bits per heavy atom. The molecule has 1 heterocycles. The average Bonchev–Trinajstić information content (AvgIpc) is 2.40. The molecule has 0 aliphatic rings. The molecule has 1 aromatic heterocycles. The van der Waals surface area contributed by atoms with Crippen LogP contribution >= 0.6 is 0 Å². The summed E-state index contributed by atoms with van der Waals surface area (Å²) < 4.78 is 1.89. The predicted molar refractivity (Wildman–Crippen MR) is 68.6 cm³/mol. The third kappa shape index (κ3) is 1.47. The average molecular weight is 217 g/mol. The number of rotatable bonds is 0. The number of benzene rings is 1. The van der Waals surface area contributed by atoms with Crippen LogP contribution in [0.5, 0.6) is 0 Å². The molecule has 86 valence electrons. The van der Waals surface area contributed by atoms with Crippen molar-refractivity contribution in [3.05, 3.63) is 23.3 Å². The molecule has 0 aliphatic heterocycles. The van der Waals surface area contributed by atoms with Crippen molar-refractivity contribution in [2.75, 3.05) is 5.73 Å². The van der Waals surface area contributed by atoms with Crippen LogP contribution in [-0.4, -0.2) is 9.78 Å². The van der Waals surface area contributed by atoms with E-state index in [4.69, 9.17) is 5.73 Å². The second-order valence-electron chi connectivity index (χ2n) is 5.41. The Kier molecular flexibility index (Phi) is 2.22. The van der Waals surface area contributed by atoms with E-state index in [9.17, 15) is 0 Å². The lowest BCUT2D eigenvalue weighted by molar-refractivity contribution is 0.586. The molecule has 0 saturated heterocycles. The molecule has 0 saturated carbocycles. The smallest absolute Gasteiger partial charge is 0.153 e. The number of anilines is 1. The number of fused-ring (bicyclic) bond motifs is 1. The van der Waals surface area contributed by atoms with E-state index in [0.717, 1.165) is 10.9 Å². The Morgan fingerprint density at radius 1 is 1.25 bits per heavy atom. The van der Waals surface area contributed by atoms with Gasteiger partial charge in [0.15, 0.2) is 5.82 Å². The SMILES string of the molecule is Cc1ccc2c(N)nn(C)c2c1C(C)(C)C. The minimum absolute atomic E-state index is 0.101. The van der Waals surface area contributed by atoms with E-state index >= 15 is 0 Å². The van der Waals surface area contributed by atoms with Crippen molar-refractivity contribution in [2.24, 2.45) is 7.05 Å². The fourth-order valence-corrected chi connectivity index (χ4v) is 2.45. The number of nitrogens with two attached hydrogens (primary N) is 1. The fourth-order valence-electron chi connectivity index (χ4n) is 2.45. The van der Waals surface area contributed by atoms with E-state index in [-0.39, 0.29) is 5.41 Å². The topological polar surface area (TPSA) is 43.8 Å². The van der Waals surface area contributed by atoms with Gasteiger partial charge in [0.1, 0.15) is 0 Å². The molecule has 0 radical (unpaired) electrons. The normalized spacial score (nSPS) is 12.3. The van der Waals surface area contributed by atoms with Gasteiger partial charge in [-0.15, -0.1) is 0 Å². The molecule has 1 aromatic carbocycles. The van der Waals surface area contributed by atoms with Gasteiger partial charge in [-0.3, -0.25) is 4.68 Å². The van der Waals surface area contributed by atoms with Crippen molar-refractivity contribution in [2.45, 2.75) is 33.1 Å². The number of aryl methyl sites for hydroxylation is 2. The molecule has 0 atom stereocenters. The largest absolute Gasteiger partial charge is 0.382 e. The summed E-state index contributed by atoms with van der Waals surface area (Å²) in [5.41, 5.74) is 9.79. The van der Waals surface area contributed by atoms with E-state index in [1.807, 2.05) is 11.7 Å². The van der Waals surface area contributed by atoms with Crippen LogP contribution in [0.15, 0.2) is 12.1 Å². The van der Waals surface area contributed by atoms with Gasteiger partial charge < -0.3 is 5.73 Å². The van der Waals surface area contributed by atoms with Gasteiger partial charge in [-0.25, -0.2) is 0 Å². The molecule has 0 amide bonds. The zero-order valence-electron chi connectivity index (χ0n) is 10.6. The maximum Gasteiger partial charge on any atom is 0.153 e. The number of nitrogens with zero attached hydrogens (tertiary/aromatic N) is 2. The van der Waals surface area contributed by atoms with Crippen molar-refractivity contribution in [3.8, 4) is 0 Å². The number of nitrogen functional groups attached to an aromatic ring is 1. The first kappa shape index (κ1) is 11.0. The summed E-state index contributed by atoms with van der Waals surface area (Å²) >= 11 is 0. The van der Waals surface area contributed by atoms with Crippen LogP contribution in [-0.2, 0) is 12.5 Å². The maximum atomic E-state index is 5.91. The van der Waals surface area contributed by atoms with Gasteiger partial charge in [-0.2, -0.15) is 5.10 Å². The Balaban J connectivity index is 2.95. The van der Waals surface area contributed by atoms with E-state index in [1.54, 1.807) is 0 Å². The molecular weight excluding hydrogens is 198 g/mol. The van der Waals surface area contributed by atoms with Crippen molar-refractivity contribution in [1.29, 1.82) is 0 Å². The van der Waals surface area contributed by atoms with Gasteiger partial charge in [0.2, 0.25) is 0 Å². The minimum atomic E-state index is 0.101. The van der Waals surface area contributed by atoms with Crippen LogP contribution in [0.3, 0.4) is 0 Å². The Hall–Kier alpha value is -1.51. The second-order valence-corrected chi connectivity index (χ2v) is 5.41. The molecule has 0 spiro atoms. The summed E-state index contributed by atoms with van der Waals surface area (Å²) in [6, 6.07) is 4.18. The second kappa shape index (κ2) is 3.24. The van der Waals surface area contributed by atoms with Gasteiger partial charge in [0, 0.05) is 12.4 Å². The lowest BCUT2D eigenvalue weighted by atomic mass is 9.82. The summed E-state index contributed by atoms with van der Waals surface area (Å²) in [6.07, 6.45) is 0. The van der Waals surface area contributed by atoms with E-state index < -0.39 is 0 Å². The fraction of sp³-hybridized carbons (Fsp3) is 0.462. The minimum Gasteiger partial charge on any atom is -0.382 e. The first-order valence-corrected chi connectivity index (χ1v) is 5.54. The van der Waals surface area contributed by atoms with Gasteiger partial charge >= 0.3 is 0 Å². The number of hydrogen-bond acceptors (Lipinski definition) is 2. The molecule has 0 fully saturated rings. The highest BCUT2D eigenvalue weighted by Gasteiger charge is 2.22. The zero-order chi connectivity index (χ0) is 12.1. The Bertz CT molecular complexity index is 544. The van der Waals surface area contributed by atoms with Crippen molar-refractivity contribution >= 4 is 16.7 Å². The predicted octanol–water partition coefficient (Wildman–Crippen LogP) is 2.76. The van der Waals surface area contributed by atoms with Crippen LogP contribution in [0.25, 0.3) is 10.9 Å². The summed E-state index contributed by atoms with van der Waals surface area (Å²) in [5.74, 6) is 0.614. The molecule has 0 bridgehead atoms. The molecule has 16 heavy (non-hydrogen) atoms. The lowest BCUT2D eigenvalue weighted by Crippen LogP contribution is -2.15. The summed E-state index contributed by atoms with van der Waals surface area (Å²) in [6.45, 7) is 8.80. The van der Waals surface area contributed by atoms with Gasteiger partial charge in [-0.1, -0.05) is 26.8 Å². The molecule has 2 aromatic rings. The lowest BCUT2D eigenvalue weighted by Gasteiger charge is -2.23. The van der Waals surface area contributed by atoms with Crippen molar-refractivity contribution in [3.63, 3.8) is 0 Å². The van der Waals surface area contributed by atoms with Crippen molar-refractivity contribution in [1.82, 2.24) is 9.78 Å². The highest BCUT2D eigenvalue weighted by molar-refractivity contribution is 5.92. The Morgan fingerprint density at radius 2 is 1.88 bits per heavy atom. The molecule has 2 N–H and O–H groups in total. The van der Waals surface area contributed by atoms with E-state index in [0.29, 0.717) is 5.82 Å². The first-order chi connectivity index (χ1) is 7.32. The maximum absolute atomic E-state index is 5.91. The third-order valence-corrected chi connectivity index (χ3v) is 2.99. The number of hydrogen-bond donors (Lipinski definition) is 1. The van der Waals surface area contributed by atoms with Crippen LogP contribution in [0.1, 0.15) is 31.9 Å². The Labute approximate surface area is 96.2 Å². The van der Waals surface area contributed by atoms with E-state index in [1.165, 1.54) is 11.1 Å². The first-order valence-electron chi connectivity index (χ1n) is 5.54. The van der Waals surface area contributed by atoms with Crippen LogP contribution < -0.4 is 5.73 Å².